The van der Waals surface area contributed by atoms with E-state index in [9.17, 15) is 9.18 Å². The number of aryl methyl sites for hydroxylation is 2. The number of carbonyl (C=O) groups is 1. The number of nitrogens with zero attached hydrogens (tertiary/aromatic N) is 4. The second-order valence-electron chi connectivity index (χ2n) is 7.12. The van der Waals surface area contributed by atoms with Gasteiger partial charge in [-0.1, -0.05) is 6.07 Å². The molecule has 0 aliphatic carbocycles. The average molecular weight is 398 g/mol. The zero-order chi connectivity index (χ0) is 20.4. The zero-order valence-electron chi connectivity index (χ0n) is 16.3. The largest absolute Gasteiger partial charge is 0.372 e. The summed E-state index contributed by atoms with van der Waals surface area (Å²) in [5.74, 6) is 0.0617. The normalized spacial score (nSPS) is 19.1. The summed E-state index contributed by atoms with van der Waals surface area (Å²) in [6, 6.07) is 9.47. The summed E-state index contributed by atoms with van der Waals surface area (Å²) in [5.41, 5.74) is 2.37. The van der Waals surface area contributed by atoms with Gasteiger partial charge in [-0.05, 0) is 44.0 Å². The molecule has 1 aromatic carbocycles. The maximum atomic E-state index is 13.5. The second kappa shape index (κ2) is 8.04. The third-order valence-corrected chi connectivity index (χ3v) is 4.99. The van der Waals surface area contributed by atoms with Crippen LogP contribution in [0, 0.1) is 12.7 Å². The van der Waals surface area contributed by atoms with Crippen molar-refractivity contribution < 1.29 is 13.9 Å². The van der Waals surface area contributed by atoms with E-state index < -0.39 is 0 Å². The first-order valence-corrected chi connectivity index (χ1v) is 9.49. The molecule has 0 radical (unpaired) electrons. The Hall–Kier alpha value is -3.20. The molecule has 3 aromatic rings. The Morgan fingerprint density at radius 3 is 2.93 bits per heavy atom. The van der Waals surface area contributed by atoms with Crippen molar-refractivity contribution in [3.8, 4) is 5.69 Å². The van der Waals surface area contributed by atoms with Crippen molar-refractivity contribution in [2.45, 2.75) is 31.9 Å². The molecule has 4 rings (SSSR count). The van der Waals surface area contributed by atoms with Crippen LogP contribution in [-0.4, -0.2) is 38.2 Å². The number of urea groups is 1. The fourth-order valence-electron chi connectivity index (χ4n) is 3.58. The number of hydrogen-bond donors (Lipinski definition) is 2. The number of amides is 2. The van der Waals surface area contributed by atoms with Crippen LogP contribution in [-0.2, 0) is 11.8 Å². The molecule has 152 valence electrons. The van der Waals surface area contributed by atoms with Gasteiger partial charge in [0.25, 0.3) is 0 Å². The van der Waals surface area contributed by atoms with Crippen LogP contribution in [0.5, 0.6) is 0 Å². The Morgan fingerprint density at radius 2 is 2.17 bits per heavy atom. The highest BCUT2D eigenvalue weighted by Crippen LogP contribution is 2.27. The first-order chi connectivity index (χ1) is 14.0. The van der Waals surface area contributed by atoms with Crippen molar-refractivity contribution in [3.63, 3.8) is 0 Å². The molecule has 3 heterocycles. The smallest absolute Gasteiger partial charge is 0.320 e. The number of anilines is 1. The lowest BCUT2D eigenvalue weighted by atomic mass is 10.0. The number of hydrogen-bond acceptors (Lipinski definition) is 4. The topological polar surface area (TPSA) is 86.0 Å². The first kappa shape index (κ1) is 19.1. The molecule has 2 N–H and O–H groups in total. The minimum absolute atomic E-state index is 0.0185. The number of benzene rings is 1. The van der Waals surface area contributed by atoms with Gasteiger partial charge in [-0.3, -0.25) is 10.00 Å². The maximum Gasteiger partial charge on any atom is 0.320 e. The van der Waals surface area contributed by atoms with Crippen molar-refractivity contribution in [2.24, 2.45) is 7.05 Å². The molecule has 2 atom stereocenters. The van der Waals surface area contributed by atoms with Gasteiger partial charge in [-0.15, -0.1) is 5.10 Å². The quantitative estimate of drug-likeness (QED) is 0.707. The van der Waals surface area contributed by atoms with Crippen molar-refractivity contribution in [3.05, 3.63) is 59.8 Å². The summed E-state index contributed by atoms with van der Waals surface area (Å²) in [4.78, 5) is 12.5. The Bertz CT molecular complexity index is 1010. The summed E-state index contributed by atoms with van der Waals surface area (Å²) in [6.07, 6.45) is 3.04. The van der Waals surface area contributed by atoms with Gasteiger partial charge in [0.15, 0.2) is 5.82 Å². The molecule has 1 aliphatic heterocycles. The zero-order valence-corrected chi connectivity index (χ0v) is 16.3. The standard InChI is InChI=1S/C20H23FN6O2/c1-13-10-19(25-27(13)16-5-3-4-14(21)11-16)24-20(28)23-15-7-9-29-18(12-15)17-6-8-22-26(17)2/h3-6,8,10-11,15,18H,7,9,12H2,1-2H3,(H2,23,24,25,28). The molecule has 0 saturated carbocycles. The lowest BCUT2D eigenvalue weighted by molar-refractivity contribution is -0.00204. The van der Waals surface area contributed by atoms with Gasteiger partial charge < -0.3 is 10.1 Å². The highest BCUT2D eigenvalue weighted by atomic mass is 19.1. The fraction of sp³-hybridized carbons (Fsp3) is 0.350. The van der Waals surface area contributed by atoms with E-state index in [-0.39, 0.29) is 24.0 Å². The van der Waals surface area contributed by atoms with E-state index in [1.165, 1.54) is 12.1 Å². The van der Waals surface area contributed by atoms with Gasteiger partial charge in [0, 0.05) is 37.7 Å². The van der Waals surface area contributed by atoms with Gasteiger partial charge in [-0.2, -0.15) is 5.10 Å². The predicted octanol–water partition coefficient (Wildman–Crippen LogP) is 3.10. The van der Waals surface area contributed by atoms with Crippen LogP contribution in [0.15, 0.2) is 42.6 Å². The highest BCUT2D eigenvalue weighted by Gasteiger charge is 2.27. The minimum atomic E-state index is -0.341. The Balaban J connectivity index is 1.39. The van der Waals surface area contributed by atoms with Crippen molar-refractivity contribution in [1.29, 1.82) is 0 Å². The van der Waals surface area contributed by atoms with Crippen LogP contribution in [0.4, 0.5) is 15.0 Å². The number of halogens is 1. The second-order valence-corrected chi connectivity index (χ2v) is 7.12. The summed E-state index contributed by atoms with van der Waals surface area (Å²) < 4.78 is 22.7. The van der Waals surface area contributed by atoms with Crippen LogP contribution < -0.4 is 10.6 Å². The van der Waals surface area contributed by atoms with Crippen LogP contribution in [0.2, 0.25) is 0 Å². The summed E-state index contributed by atoms with van der Waals surface area (Å²) in [5, 5.41) is 14.3. The fourth-order valence-corrected chi connectivity index (χ4v) is 3.58. The minimum Gasteiger partial charge on any atom is -0.372 e. The van der Waals surface area contributed by atoms with Crippen LogP contribution >= 0.6 is 0 Å². The van der Waals surface area contributed by atoms with Gasteiger partial charge in [0.05, 0.1) is 11.4 Å². The molecule has 1 fully saturated rings. The molecular weight excluding hydrogens is 375 g/mol. The summed E-state index contributed by atoms with van der Waals surface area (Å²) in [7, 11) is 1.87. The highest BCUT2D eigenvalue weighted by molar-refractivity contribution is 5.88. The Kier molecular flexibility index (Phi) is 5.30. The molecule has 29 heavy (non-hydrogen) atoms. The van der Waals surface area contributed by atoms with Crippen molar-refractivity contribution in [1.82, 2.24) is 24.9 Å². The molecule has 0 spiro atoms. The number of carbonyl (C=O) groups excluding carboxylic acids is 1. The predicted molar refractivity (Wildman–Crippen MR) is 105 cm³/mol. The molecular formula is C20H23FN6O2. The number of ether oxygens (including phenoxy) is 1. The van der Waals surface area contributed by atoms with E-state index >= 15 is 0 Å². The molecule has 2 aromatic heterocycles. The summed E-state index contributed by atoms with van der Waals surface area (Å²) in [6.45, 7) is 2.41. The first-order valence-electron chi connectivity index (χ1n) is 9.49. The van der Waals surface area contributed by atoms with E-state index in [4.69, 9.17) is 4.74 Å². The molecule has 2 amide bonds. The number of aromatic nitrogens is 4. The molecule has 0 bridgehead atoms. The molecule has 2 unspecified atom stereocenters. The Labute approximate surface area is 167 Å². The number of rotatable bonds is 4. The third-order valence-electron chi connectivity index (χ3n) is 4.99. The van der Waals surface area contributed by atoms with Crippen molar-refractivity contribution >= 4 is 11.8 Å². The average Bonchev–Trinajstić information content (AvgIpc) is 3.27. The van der Waals surface area contributed by atoms with Gasteiger partial charge >= 0.3 is 6.03 Å². The van der Waals surface area contributed by atoms with Crippen LogP contribution in [0.25, 0.3) is 5.69 Å². The monoisotopic (exact) mass is 398 g/mol. The lowest BCUT2D eigenvalue weighted by Gasteiger charge is -2.30. The van der Waals surface area contributed by atoms with E-state index in [1.54, 1.807) is 33.8 Å². The molecule has 1 saturated heterocycles. The van der Waals surface area contributed by atoms with E-state index in [2.05, 4.69) is 20.8 Å². The van der Waals surface area contributed by atoms with Crippen LogP contribution in [0.1, 0.15) is 30.3 Å². The molecule has 1 aliphatic rings. The van der Waals surface area contributed by atoms with Gasteiger partial charge in [0.2, 0.25) is 0 Å². The SMILES string of the molecule is Cc1cc(NC(=O)NC2CCOC(c3ccnn3C)C2)nn1-c1cccc(F)c1. The van der Waals surface area contributed by atoms with E-state index in [0.29, 0.717) is 24.5 Å². The lowest BCUT2D eigenvalue weighted by Crippen LogP contribution is -2.42. The summed E-state index contributed by atoms with van der Waals surface area (Å²) >= 11 is 0. The van der Waals surface area contributed by atoms with E-state index in [0.717, 1.165) is 17.8 Å². The Morgan fingerprint density at radius 1 is 1.31 bits per heavy atom. The van der Waals surface area contributed by atoms with Gasteiger partial charge in [-0.25, -0.2) is 13.9 Å². The van der Waals surface area contributed by atoms with Crippen molar-refractivity contribution in [2.75, 3.05) is 11.9 Å². The molecule has 9 heteroatoms. The van der Waals surface area contributed by atoms with Gasteiger partial charge in [0.1, 0.15) is 11.9 Å². The molecule has 8 nitrogen and oxygen atoms in total. The van der Waals surface area contributed by atoms with Crippen LogP contribution in [0.3, 0.4) is 0 Å². The van der Waals surface area contributed by atoms with E-state index in [1.807, 2.05) is 20.0 Å². The number of nitrogens with one attached hydrogen (secondary N) is 2. The third kappa shape index (κ3) is 4.29. The maximum absolute atomic E-state index is 13.5.